The van der Waals surface area contributed by atoms with Gasteiger partial charge in [0.15, 0.2) is 0 Å². The van der Waals surface area contributed by atoms with Crippen LogP contribution in [0.25, 0.3) is 0 Å². The molecule has 6 heteroatoms. The summed E-state index contributed by atoms with van der Waals surface area (Å²) in [7, 11) is -1.57. The molecule has 0 aliphatic carbocycles. The quantitative estimate of drug-likeness (QED) is 0.821. The zero-order chi connectivity index (χ0) is 18.5. The second kappa shape index (κ2) is 6.35. The predicted octanol–water partition coefficient (Wildman–Crippen LogP) is 3.19. The number of halogens is 1. The number of nitrogens with one attached hydrogen (secondary N) is 1. The molecule has 138 valence electrons. The molecule has 1 unspecified atom stereocenters. The van der Waals surface area contributed by atoms with Crippen LogP contribution in [-0.4, -0.2) is 34.6 Å². The summed E-state index contributed by atoms with van der Waals surface area (Å²) in [5.41, 5.74) is 2.23. The predicted molar refractivity (Wildman–Crippen MR) is 99.9 cm³/mol. The first kappa shape index (κ1) is 17.5. The number of nitrogens with zero attached hydrogens (tertiary/aromatic N) is 1. The lowest BCUT2D eigenvalue weighted by Crippen LogP contribution is -2.32. The second-order valence-corrected chi connectivity index (χ2v) is 9.30. The molecule has 2 aliphatic rings. The summed E-state index contributed by atoms with van der Waals surface area (Å²) in [6, 6.07) is 10.8. The maximum Gasteiger partial charge on any atom is 0.206 e. The van der Waals surface area contributed by atoms with Gasteiger partial charge < -0.3 is 10.2 Å². The molecule has 4 nitrogen and oxygen atoms in total. The molecule has 0 radical (unpaired) electrons. The molecular formula is C20H23FN2O2S. The molecule has 0 saturated carbocycles. The second-order valence-electron chi connectivity index (χ2n) is 7.35. The largest absolute Gasteiger partial charge is 0.371 e. The van der Waals surface area contributed by atoms with Crippen molar-refractivity contribution in [1.82, 2.24) is 5.32 Å². The molecule has 2 aromatic rings. The van der Waals surface area contributed by atoms with Crippen LogP contribution in [0.3, 0.4) is 0 Å². The Balaban J connectivity index is 1.79. The minimum Gasteiger partial charge on any atom is -0.371 e. The minimum atomic E-state index is -3.66. The van der Waals surface area contributed by atoms with Crippen LogP contribution in [0.15, 0.2) is 52.3 Å². The van der Waals surface area contributed by atoms with E-state index in [0.29, 0.717) is 17.9 Å². The molecule has 26 heavy (non-hydrogen) atoms. The van der Waals surface area contributed by atoms with Gasteiger partial charge in [0.25, 0.3) is 0 Å². The SMILES string of the molecule is CC1CNCC[C@H]2[C@@H]1c1cc(S(=O)(=O)c3ccc(F)cc3)ccc1N2C. The van der Waals surface area contributed by atoms with E-state index in [1.165, 1.54) is 24.3 Å². The third-order valence-electron chi connectivity index (χ3n) is 5.78. The average molecular weight is 374 g/mol. The highest BCUT2D eigenvalue weighted by atomic mass is 32.2. The summed E-state index contributed by atoms with van der Waals surface area (Å²) in [6.45, 7) is 4.13. The molecule has 0 aromatic heterocycles. The lowest BCUT2D eigenvalue weighted by atomic mass is 9.84. The van der Waals surface area contributed by atoms with Crippen molar-refractivity contribution in [3.05, 3.63) is 53.8 Å². The fourth-order valence-corrected chi connectivity index (χ4v) is 5.73. The van der Waals surface area contributed by atoms with Gasteiger partial charge in [-0.3, -0.25) is 0 Å². The molecule has 2 aliphatic heterocycles. The lowest BCUT2D eigenvalue weighted by Gasteiger charge is -2.27. The number of hydrogen-bond acceptors (Lipinski definition) is 4. The van der Waals surface area contributed by atoms with E-state index >= 15 is 0 Å². The summed E-state index contributed by atoms with van der Waals surface area (Å²) < 4.78 is 39.1. The molecule has 1 N–H and O–H groups in total. The van der Waals surface area contributed by atoms with Crippen LogP contribution in [-0.2, 0) is 9.84 Å². The first-order valence-corrected chi connectivity index (χ1v) is 10.5. The third kappa shape index (κ3) is 2.72. The standard InChI is InChI=1S/C20H23FN2O2S/c1-13-12-22-10-9-19-20(13)17-11-16(7-8-18(17)23(19)2)26(24,25)15-5-3-14(21)4-6-15/h3-8,11,13,19-20,22H,9-10,12H2,1-2H3/t13?,19-,20-/m0/s1. The lowest BCUT2D eigenvalue weighted by molar-refractivity contribution is 0.424. The van der Waals surface area contributed by atoms with Crippen LogP contribution < -0.4 is 10.2 Å². The van der Waals surface area contributed by atoms with Gasteiger partial charge in [-0.25, -0.2) is 12.8 Å². The number of likely N-dealkylation sites (N-methyl/N-ethyl adjacent to an activating group) is 1. The maximum absolute atomic E-state index is 13.2. The molecule has 0 amide bonds. The third-order valence-corrected chi connectivity index (χ3v) is 7.55. The van der Waals surface area contributed by atoms with E-state index in [4.69, 9.17) is 0 Å². The first-order chi connectivity index (χ1) is 12.4. The molecule has 1 saturated heterocycles. The summed E-state index contributed by atoms with van der Waals surface area (Å²) in [5, 5.41) is 3.47. The van der Waals surface area contributed by atoms with E-state index in [-0.39, 0.29) is 9.79 Å². The van der Waals surface area contributed by atoms with E-state index in [1.54, 1.807) is 6.07 Å². The van der Waals surface area contributed by atoms with Crippen LogP contribution in [0.1, 0.15) is 24.8 Å². The Labute approximate surface area is 153 Å². The molecule has 4 rings (SSSR count). The number of sulfone groups is 1. The molecule has 0 spiro atoms. The van der Waals surface area contributed by atoms with Gasteiger partial charge in [0.2, 0.25) is 9.84 Å². The Hall–Kier alpha value is -1.92. The fourth-order valence-electron chi connectivity index (χ4n) is 4.43. The highest BCUT2D eigenvalue weighted by Crippen LogP contribution is 2.46. The number of rotatable bonds is 2. The summed E-state index contributed by atoms with van der Waals surface area (Å²) in [4.78, 5) is 2.69. The van der Waals surface area contributed by atoms with Crippen molar-refractivity contribution in [2.45, 2.75) is 35.1 Å². The van der Waals surface area contributed by atoms with Gasteiger partial charge in [-0.15, -0.1) is 0 Å². The number of hydrogen-bond donors (Lipinski definition) is 1. The Morgan fingerprint density at radius 2 is 1.81 bits per heavy atom. The van der Waals surface area contributed by atoms with Gasteiger partial charge in [-0.2, -0.15) is 0 Å². The average Bonchev–Trinajstić information content (AvgIpc) is 2.76. The molecular weight excluding hydrogens is 351 g/mol. The number of fused-ring (bicyclic) bond motifs is 3. The summed E-state index contributed by atoms with van der Waals surface area (Å²) in [6.07, 6.45) is 1.04. The van der Waals surface area contributed by atoms with Crippen molar-refractivity contribution in [1.29, 1.82) is 0 Å². The molecule has 1 fully saturated rings. The van der Waals surface area contributed by atoms with Gasteiger partial charge in [-0.1, -0.05) is 6.92 Å². The van der Waals surface area contributed by atoms with E-state index in [9.17, 15) is 12.8 Å². The summed E-state index contributed by atoms with van der Waals surface area (Å²) in [5.74, 6) is 0.297. The molecule has 3 atom stereocenters. The van der Waals surface area contributed by atoms with Gasteiger partial charge >= 0.3 is 0 Å². The van der Waals surface area contributed by atoms with Crippen molar-refractivity contribution in [2.75, 3.05) is 25.0 Å². The highest BCUT2D eigenvalue weighted by molar-refractivity contribution is 7.91. The van der Waals surface area contributed by atoms with E-state index in [2.05, 4.69) is 24.2 Å². The van der Waals surface area contributed by atoms with Gasteiger partial charge in [0, 0.05) is 24.7 Å². The monoisotopic (exact) mass is 374 g/mol. The van der Waals surface area contributed by atoms with Gasteiger partial charge in [0.05, 0.1) is 9.79 Å². The van der Waals surface area contributed by atoms with Crippen LogP contribution >= 0.6 is 0 Å². The van der Waals surface area contributed by atoms with Crippen molar-refractivity contribution in [2.24, 2.45) is 5.92 Å². The Bertz CT molecular complexity index is 927. The van der Waals surface area contributed by atoms with Crippen LogP contribution in [0.5, 0.6) is 0 Å². The first-order valence-electron chi connectivity index (χ1n) is 8.98. The maximum atomic E-state index is 13.2. The highest BCUT2D eigenvalue weighted by Gasteiger charge is 2.41. The van der Waals surface area contributed by atoms with E-state index in [0.717, 1.165) is 30.8 Å². The Morgan fingerprint density at radius 3 is 2.54 bits per heavy atom. The van der Waals surface area contributed by atoms with Crippen molar-refractivity contribution >= 4 is 15.5 Å². The van der Waals surface area contributed by atoms with Crippen LogP contribution in [0.4, 0.5) is 10.1 Å². The van der Waals surface area contributed by atoms with E-state index < -0.39 is 15.7 Å². The molecule has 0 bridgehead atoms. The normalized spacial score (nSPS) is 25.5. The van der Waals surface area contributed by atoms with E-state index in [1.807, 2.05) is 12.1 Å². The summed E-state index contributed by atoms with van der Waals surface area (Å²) >= 11 is 0. The fraction of sp³-hybridized carbons (Fsp3) is 0.400. The van der Waals surface area contributed by atoms with Crippen molar-refractivity contribution in [3.8, 4) is 0 Å². The minimum absolute atomic E-state index is 0.123. The topological polar surface area (TPSA) is 49.4 Å². The van der Waals surface area contributed by atoms with Crippen molar-refractivity contribution < 1.29 is 12.8 Å². The molecule has 2 aromatic carbocycles. The Kier molecular flexibility index (Phi) is 4.28. The smallest absolute Gasteiger partial charge is 0.206 e. The van der Waals surface area contributed by atoms with Crippen LogP contribution in [0.2, 0.25) is 0 Å². The van der Waals surface area contributed by atoms with Gasteiger partial charge in [-0.05, 0) is 73.5 Å². The van der Waals surface area contributed by atoms with Crippen LogP contribution in [0, 0.1) is 11.7 Å². The molecule has 2 heterocycles. The number of benzene rings is 2. The Morgan fingerprint density at radius 1 is 1.12 bits per heavy atom. The van der Waals surface area contributed by atoms with Crippen molar-refractivity contribution in [3.63, 3.8) is 0 Å². The van der Waals surface area contributed by atoms with Gasteiger partial charge in [0.1, 0.15) is 5.82 Å². The zero-order valence-corrected chi connectivity index (χ0v) is 15.8. The number of anilines is 1. The zero-order valence-electron chi connectivity index (χ0n) is 14.9.